The Bertz CT molecular complexity index is 456. The SMILES string of the molecule is O=C(CN1CCCC2CCCC21)c1ccc(Cl)cc1. The lowest BCUT2D eigenvalue weighted by Crippen LogP contribution is -2.45. The first-order chi connectivity index (χ1) is 9.24. The topological polar surface area (TPSA) is 20.3 Å². The first kappa shape index (κ1) is 13.1. The molecule has 1 aliphatic heterocycles. The minimum Gasteiger partial charge on any atom is -0.293 e. The molecule has 19 heavy (non-hydrogen) atoms. The number of carbonyl (C=O) groups excluding carboxylic acids is 1. The Morgan fingerprint density at radius 3 is 2.68 bits per heavy atom. The molecule has 2 nitrogen and oxygen atoms in total. The number of likely N-dealkylation sites (tertiary alicyclic amines) is 1. The van der Waals surface area contributed by atoms with Gasteiger partial charge in [-0.1, -0.05) is 18.0 Å². The lowest BCUT2D eigenvalue weighted by atomic mass is 9.91. The molecular weight excluding hydrogens is 258 g/mol. The van der Waals surface area contributed by atoms with Crippen molar-refractivity contribution in [1.82, 2.24) is 4.90 Å². The van der Waals surface area contributed by atoms with Crippen LogP contribution in [0.1, 0.15) is 42.5 Å². The summed E-state index contributed by atoms with van der Waals surface area (Å²) in [4.78, 5) is 14.7. The summed E-state index contributed by atoms with van der Waals surface area (Å²) >= 11 is 5.86. The van der Waals surface area contributed by atoms with E-state index < -0.39 is 0 Å². The first-order valence-electron chi connectivity index (χ1n) is 7.27. The molecule has 1 aromatic carbocycles. The molecule has 0 bridgehead atoms. The van der Waals surface area contributed by atoms with E-state index in [1.807, 2.05) is 12.1 Å². The van der Waals surface area contributed by atoms with Crippen LogP contribution in [-0.2, 0) is 0 Å². The van der Waals surface area contributed by atoms with E-state index in [9.17, 15) is 4.79 Å². The molecule has 2 unspecified atom stereocenters. The summed E-state index contributed by atoms with van der Waals surface area (Å²) in [6, 6.07) is 7.92. The van der Waals surface area contributed by atoms with E-state index in [0.717, 1.165) is 18.0 Å². The van der Waals surface area contributed by atoms with Crippen LogP contribution in [0.4, 0.5) is 0 Å². The highest BCUT2D eigenvalue weighted by molar-refractivity contribution is 6.30. The van der Waals surface area contributed by atoms with Gasteiger partial charge in [-0.3, -0.25) is 9.69 Å². The van der Waals surface area contributed by atoms with Crippen LogP contribution in [0.25, 0.3) is 0 Å². The van der Waals surface area contributed by atoms with Crippen LogP contribution in [-0.4, -0.2) is 29.8 Å². The normalized spacial score (nSPS) is 27.2. The van der Waals surface area contributed by atoms with Gasteiger partial charge in [-0.15, -0.1) is 0 Å². The maximum absolute atomic E-state index is 12.3. The summed E-state index contributed by atoms with van der Waals surface area (Å²) in [7, 11) is 0. The third kappa shape index (κ3) is 2.85. The van der Waals surface area contributed by atoms with Crippen LogP contribution in [0, 0.1) is 5.92 Å². The van der Waals surface area contributed by atoms with Crippen LogP contribution in [0.2, 0.25) is 5.02 Å². The summed E-state index contributed by atoms with van der Waals surface area (Å²) in [5.41, 5.74) is 0.782. The lowest BCUT2D eigenvalue weighted by Gasteiger charge is -2.37. The maximum Gasteiger partial charge on any atom is 0.176 e. The smallest absolute Gasteiger partial charge is 0.176 e. The number of rotatable bonds is 3. The summed E-state index contributed by atoms with van der Waals surface area (Å²) in [5.74, 6) is 1.07. The lowest BCUT2D eigenvalue weighted by molar-refractivity contribution is 0.0777. The summed E-state index contributed by atoms with van der Waals surface area (Å²) in [6.45, 7) is 1.66. The van der Waals surface area contributed by atoms with Crippen molar-refractivity contribution in [3.05, 3.63) is 34.9 Å². The average molecular weight is 278 g/mol. The second-order valence-corrected chi connectivity index (χ2v) is 6.24. The van der Waals surface area contributed by atoms with Crippen LogP contribution < -0.4 is 0 Å². The number of hydrogen-bond acceptors (Lipinski definition) is 2. The number of hydrogen-bond donors (Lipinski definition) is 0. The van der Waals surface area contributed by atoms with E-state index in [4.69, 9.17) is 11.6 Å². The molecule has 0 radical (unpaired) electrons. The highest BCUT2D eigenvalue weighted by atomic mass is 35.5. The molecular formula is C16H20ClNO. The fourth-order valence-corrected chi connectivity index (χ4v) is 3.79. The number of benzene rings is 1. The van der Waals surface area contributed by atoms with Gasteiger partial charge in [0.15, 0.2) is 5.78 Å². The third-order valence-corrected chi connectivity index (χ3v) is 4.87. The monoisotopic (exact) mass is 277 g/mol. The van der Waals surface area contributed by atoms with Crippen molar-refractivity contribution in [2.24, 2.45) is 5.92 Å². The molecule has 1 aromatic rings. The number of nitrogens with zero attached hydrogens (tertiary/aromatic N) is 1. The van der Waals surface area contributed by atoms with Crippen molar-refractivity contribution in [2.45, 2.75) is 38.1 Å². The van der Waals surface area contributed by atoms with Crippen LogP contribution in [0.15, 0.2) is 24.3 Å². The van der Waals surface area contributed by atoms with Crippen molar-refractivity contribution >= 4 is 17.4 Å². The van der Waals surface area contributed by atoms with E-state index in [0.29, 0.717) is 17.6 Å². The molecule has 0 spiro atoms. The van der Waals surface area contributed by atoms with Gasteiger partial charge >= 0.3 is 0 Å². The van der Waals surface area contributed by atoms with Gasteiger partial charge in [0.1, 0.15) is 0 Å². The van der Waals surface area contributed by atoms with Crippen molar-refractivity contribution in [2.75, 3.05) is 13.1 Å². The van der Waals surface area contributed by atoms with E-state index in [1.54, 1.807) is 12.1 Å². The first-order valence-corrected chi connectivity index (χ1v) is 7.64. The second kappa shape index (κ2) is 5.64. The van der Waals surface area contributed by atoms with E-state index in [1.165, 1.54) is 32.1 Å². The van der Waals surface area contributed by atoms with Gasteiger partial charge in [0.05, 0.1) is 6.54 Å². The molecule has 1 saturated carbocycles. The summed E-state index contributed by atoms with van der Waals surface area (Å²) < 4.78 is 0. The van der Waals surface area contributed by atoms with Gasteiger partial charge in [0.25, 0.3) is 0 Å². The van der Waals surface area contributed by atoms with Crippen molar-refractivity contribution in [3.8, 4) is 0 Å². The number of Topliss-reactive ketones (excluding diaryl/α,β-unsaturated/α-hetero) is 1. The van der Waals surface area contributed by atoms with Gasteiger partial charge < -0.3 is 0 Å². The number of fused-ring (bicyclic) bond motifs is 1. The fourth-order valence-electron chi connectivity index (χ4n) is 3.66. The Hall–Kier alpha value is -0.860. The number of piperidine rings is 1. The Labute approximate surface area is 119 Å². The van der Waals surface area contributed by atoms with Crippen molar-refractivity contribution in [1.29, 1.82) is 0 Å². The number of ketones is 1. The largest absolute Gasteiger partial charge is 0.293 e. The van der Waals surface area contributed by atoms with Crippen LogP contribution in [0.3, 0.4) is 0 Å². The molecule has 3 rings (SSSR count). The Morgan fingerprint density at radius 1 is 1.16 bits per heavy atom. The molecule has 2 fully saturated rings. The molecule has 1 saturated heterocycles. The zero-order valence-corrected chi connectivity index (χ0v) is 11.9. The summed E-state index contributed by atoms with van der Waals surface area (Å²) in [5, 5.41) is 0.686. The average Bonchev–Trinajstić information content (AvgIpc) is 2.89. The van der Waals surface area contributed by atoms with Gasteiger partial charge in [-0.25, -0.2) is 0 Å². The van der Waals surface area contributed by atoms with Crippen LogP contribution in [0.5, 0.6) is 0 Å². The highest BCUT2D eigenvalue weighted by Crippen LogP contribution is 2.36. The van der Waals surface area contributed by atoms with E-state index in [-0.39, 0.29) is 5.78 Å². The Morgan fingerprint density at radius 2 is 1.89 bits per heavy atom. The number of carbonyl (C=O) groups is 1. The molecule has 2 atom stereocenters. The third-order valence-electron chi connectivity index (χ3n) is 4.62. The molecule has 102 valence electrons. The fraction of sp³-hybridized carbons (Fsp3) is 0.562. The molecule has 0 N–H and O–H groups in total. The maximum atomic E-state index is 12.3. The van der Waals surface area contributed by atoms with Gasteiger partial charge in [-0.2, -0.15) is 0 Å². The van der Waals surface area contributed by atoms with Crippen molar-refractivity contribution < 1.29 is 4.79 Å². The quantitative estimate of drug-likeness (QED) is 0.784. The van der Waals surface area contributed by atoms with Gasteiger partial charge in [-0.05, 0) is 62.4 Å². The Balaban J connectivity index is 1.67. The van der Waals surface area contributed by atoms with E-state index >= 15 is 0 Å². The van der Waals surface area contributed by atoms with Crippen LogP contribution >= 0.6 is 11.6 Å². The standard InChI is InChI=1S/C16H20ClNO/c17-14-8-6-13(7-9-14)16(19)11-18-10-2-4-12-3-1-5-15(12)18/h6-9,12,15H,1-5,10-11H2. The summed E-state index contributed by atoms with van der Waals surface area (Å²) in [6.07, 6.45) is 6.57. The molecule has 1 aliphatic carbocycles. The predicted octanol–water partition coefficient (Wildman–Crippen LogP) is 3.79. The zero-order valence-electron chi connectivity index (χ0n) is 11.1. The predicted molar refractivity (Wildman–Crippen MR) is 77.7 cm³/mol. The molecule has 0 aromatic heterocycles. The molecule has 1 heterocycles. The van der Waals surface area contributed by atoms with Crippen molar-refractivity contribution in [3.63, 3.8) is 0 Å². The minimum atomic E-state index is 0.226. The van der Waals surface area contributed by atoms with Gasteiger partial charge in [0.2, 0.25) is 0 Å². The van der Waals surface area contributed by atoms with E-state index in [2.05, 4.69) is 4.90 Å². The molecule has 3 heteroatoms. The number of halogens is 1. The second-order valence-electron chi connectivity index (χ2n) is 5.80. The van der Waals surface area contributed by atoms with Gasteiger partial charge in [0, 0.05) is 16.6 Å². The molecule has 2 aliphatic rings. The zero-order chi connectivity index (χ0) is 13.2. The highest BCUT2D eigenvalue weighted by Gasteiger charge is 2.35. The molecule has 0 amide bonds. The minimum absolute atomic E-state index is 0.226. The Kier molecular flexibility index (Phi) is 3.90.